The van der Waals surface area contributed by atoms with E-state index in [2.05, 4.69) is 11.6 Å². The zero-order valence-electron chi connectivity index (χ0n) is 6.67. The van der Waals surface area contributed by atoms with Crippen molar-refractivity contribution in [2.45, 2.75) is 13.3 Å². The first-order chi connectivity index (χ1) is 5.18. The maximum Gasteiger partial charge on any atom is 0.0464 e. The zero-order valence-corrected chi connectivity index (χ0v) is 6.67. The Bertz CT molecular complexity index is 266. The van der Waals surface area contributed by atoms with Gasteiger partial charge in [-0.15, -0.1) is 0 Å². The molecule has 0 spiro atoms. The third-order valence-corrected chi connectivity index (χ3v) is 1.32. The number of rotatable bonds is 2. The van der Waals surface area contributed by atoms with Crippen LogP contribution < -0.4 is 5.73 Å². The first-order valence-corrected chi connectivity index (χ1v) is 3.53. The third kappa shape index (κ3) is 2.42. The van der Waals surface area contributed by atoms with E-state index in [-0.39, 0.29) is 0 Å². The van der Waals surface area contributed by atoms with E-state index in [1.165, 1.54) is 0 Å². The van der Waals surface area contributed by atoms with Crippen LogP contribution in [-0.2, 0) is 6.42 Å². The Hall–Kier alpha value is -1.31. The van der Waals surface area contributed by atoms with Crippen molar-refractivity contribution >= 4 is 5.69 Å². The summed E-state index contributed by atoms with van der Waals surface area (Å²) in [5.74, 6) is 0. The normalized spacial score (nSPS) is 9.55. The molecule has 1 aromatic heterocycles. The molecule has 0 amide bonds. The van der Waals surface area contributed by atoms with Crippen LogP contribution >= 0.6 is 0 Å². The molecular weight excluding hydrogens is 136 g/mol. The van der Waals surface area contributed by atoms with E-state index in [0.29, 0.717) is 0 Å². The molecule has 11 heavy (non-hydrogen) atoms. The number of nitrogens with two attached hydrogens (primary N) is 1. The second-order valence-corrected chi connectivity index (χ2v) is 2.71. The van der Waals surface area contributed by atoms with Crippen LogP contribution in [0.4, 0.5) is 5.69 Å². The van der Waals surface area contributed by atoms with Gasteiger partial charge < -0.3 is 5.73 Å². The highest BCUT2D eigenvalue weighted by Crippen LogP contribution is 2.06. The van der Waals surface area contributed by atoms with Crippen LogP contribution in [0.3, 0.4) is 0 Å². The largest absolute Gasteiger partial charge is 0.399 e. The summed E-state index contributed by atoms with van der Waals surface area (Å²) in [5, 5.41) is 0. The van der Waals surface area contributed by atoms with E-state index in [1.807, 2.05) is 13.0 Å². The van der Waals surface area contributed by atoms with Gasteiger partial charge in [0.15, 0.2) is 0 Å². The van der Waals surface area contributed by atoms with Gasteiger partial charge in [-0.05, 0) is 19.1 Å². The number of pyridine rings is 1. The van der Waals surface area contributed by atoms with Gasteiger partial charge in [0.1, 0.15) is 0 Å². The van der Waals surface area contributed by atoms with E-state index in [4.69, 9.17) is 5.73 Å². The summed E-state index contributed by atoms with van der Waals surface area (Å²) in [6, 6.07) is 3.65. The standard InChI is InChI=1S/C9H12N2/c1-7(2)5-9-6-8(10)3-4-11-9/h3-4,6H,1,5H2,2H3,(H2,10,11). The Morgan fingerprint density at radius 3 is 3.00 bits per heavy atom. The van der Waals surface area contributed by atoms with Crippen molar-refractivity contribution in [1.82, 2.24) is 4.98 Å². The second kappa shape index (κ2) is 3.19. The van der Waals surface area contributed by atoms with Gasteiger partial charge in [0.25, 0.3) is 0 Å². The number of hydrogen-bond acceptors (Lipinski definition) is 2. The smallest absolute Gasteiger partial charge is 0.0464 e. The summed E-state index contributed by atoms with van der Waals surface area (Å²) in [5.41, 5.74) is 8.41. The van der Waals surface area contributed by atoms with Crippen LogP contribution in [0.5, 0.6) is 0 Å². The fourth-order valence-electron chi connectivity index (χ4n) is 0.903. The fourth-order valence-corrected chi connectivity index (χ4v) is 0.903. The average molecular weight is 148 g/mol. The molecule has 0 aromatic carbocycles. The van der Waals surface area contributed by atoms with Crippen molar-refractivity contribution < 1.29 is 0 Å². The lowest BCUT2D eigenvalue weighted by atomic mass is 10.2. The van der Waals surface area contributed by atoms with Crippen molar-refractivity contribution in [3.63, 3.8) is 0 Å². The van der Waals surface area contributed by atoms with Crippen molar-refractivity contribution in [2.75, 3.05) is 5.73 Å². The molecule has 0 saturated heterocycles. The molecule has 1 aromatic rings. The summed E-state index contributed by atoms with van der Waals surface area (Å²) in [6.45, 7) is 5.78. The molecule has 0 aliphatic carbocycles. The number of hydrogen-bond donors (Lipinski definition) is 1. The van der Waals surface area contributed by atoms with Gasteiger partial charge in [0.05, 0.1) is 0 Å². The van der Waals surface area contributed by atoms with Crippen LogP contribution in [0.15, 0.2) is 30.5 Å². The molecule has 0 atom stereocenters. The Morgan fingerprint density at radius 2 is 2.45 bits per heavy atom. The number of nitrogen functional groups attached to an aromatic ring is 1. The van der Waals surface area contributed by atoms with E-state index in [9.17, 15) is 0 Å². The molecule has 0 radical (unpaired) electrons. The van der Waals surface area contributed by atoms with E-state index >= 15 is 0 Å². The molecule has 0 aliphatic heterocycles. The monoisotopic (exact) mass is 148 g/mol. The first-order valence-electron chi connectivity index (χ1n) is 3.53. The Morgan fingerprint density at radius 1 is 1.73 bits per heavy atom. The Kier molecular flexibility index (Phi) is 2.26. The molecule has 1 heterocycles. The third-order valence-electron chi connectivity index (χ3n) is 1.32. The van der Waals surface area contributed by atoms with Gasteiger partial charge in [-0.25, -0.2) is 0 Å². The summed E-state index contributed by atoms with van der Waals surface area (Å²) in [4.78, 5) is 4.14. The molecule has 0 fully saturated rings. The molecule has 2 nitrogen and oxygen atoms in total. The highest BCUT2D eigenvalue weighted by molar-refractivity contribution is 5.37. The van der Waals surface area contributed by atoms with Gasteiger partial charge in [-0.2, -0.15) is 0 Å². The average Bonchev–Trinajstić information content (AvgIpc) is 1.85. The Balaban J connectivity index is 2.79. The van der Waals surface area contributed by atoms with Crippen LogP contribution in [-0.4, -0.2) is 4.98 Å². The van der Waals surface area contributed by atoms with Gasteiger partial charge in [-0.1, -0.05) is 12.2 Å². The molecule has 0 aliphatic rings. The van der Waals surface area contributed by atoms with E-state index in [0.717, 1.165) is 23.4 Å². The van der Waals surface area contributed by atoms with E-state index in [1.54, 1.807) is 12.3 Å². The lowest BCUT2D eigenvalue weighted by Gasteiger charge is -1.99. The number of allylic oxidation sites excluding steroid dienone is 1. The summed E-state index contributed by atoms with van der Waals surface area (Å²) < 4.78 is 0. The molecule has 0 bridgehead atoms. The second-order valence-electron chi connectivity index (χ2n) is 2.71. The molecule has 58 valence electrons. The lowest BCUT2D eigenvalue weighted by molar-refractivity contribution is 1.05. The molecule has 2 heteroatoms. The van der Waals surface area contributed by atoms with Crippen LogP contribution in [0.1, 0.15) is 12.6 Å². The van der Waals surface area contributed by atoms with Crippen molar-refractivity contribution in [3.8, 4) is 0 Å². The van der Waals surface area contributed by atoms with Gasteiger partial charge >= 0.3 is 0 Å². The topological polar surface area (TPSA) is 38.9 Å². The highest BCUT2D eigenvalue weighted by atomic mass is 14.7. The molecule has 2 N–H and O–H groups in total. The van der Waals surface area contributed by atoms with Gasteiger partial charge in [-0.3, -0.25) is 4.98 Å². The predicted octanol–water partition coefficient (Wildman–Crippen LogP) is 1.78. The number of anilines is 1. The maximum atomic E-state index is 5.56. The van der Waals surface area contributed by atoms with Crippen molar-refractivity contribution in [1.29, 1.82) is 0 Å². The Labute approximate surface area is 66.8 Å². The quantitative estimate of drug-likeness (QED) is 0.649. The fraction of sp³-hybridized carbons (Fsp3) is 0.222. The van der Waals surface area contributed by atoms with Gasteiger partial charge in [0, 0.05) is 24.0 Å². The van der Waals surface area contributed by atoms with Gasteiger partial charge in [0.2, 0.25) is 0 Å². The predicted molar refractivity (Wildman–Crippen MR) is 47.2 cm³/mol. The van der Waals surface area contributed by atoms with Crippen molar-refractivity contribution in [2.24, 2.45) is 0 Å². The van der Waals surface area contributed by atoms with Crippen molar-refractivity contribution in [3.05, 3.63) is 36.2 Å². The summed E-state index contributed by atoms with van der Waals surface area (Å²) in [7, 11) is 0. The van der Waals surface area contributed by atoms with Crippen LogP contribution in [0.25, 0.3) is 0 Å². The number of nitrogens with zero attached hydrogens (tertiary/aromatic N) is 1. The molecule has 0 saturated carbocycles. The van der Waals surface area contributed by atoms with E-state index < -0.39 is 0 Å². The number of aromatic nitrogens is 1. The molecule has 1 rings (SSSR count). The minimum absolute atomic E-state index is 0.760. The minimum atomic E-state index is 0.760. The lowest BCUT2D eigenvalue weighted by Crippen LogP contribution is -1.92. The summed E-state index contributed by atoms with van der Waals surface area (Å²) >= 11 is 0. The first kappa shape index (κ1) is 7.79. The van der Waals surface area contributed by atoms with Crippen LogP contribution in [0, 0.1) is 0 Å². The molecule has 0 unspecified atom stereocenters. The zero-order chi connectivity index (χ0) is 8.27. The van der Waals surface area contributed by atoms with Crippen LogP contribution in [0.2, 0.25) is 0 Å². The SMILES string of the molecule is C=C(C)Cc1cc(N)ccn1. The molecular formula is C9H12N2. The highest BCUT2D eigenvalue weighted by Gasteiger charge is 1.93. The maximum absolute atomic E-state index is 5.56. The summed E-state index contributed by atoms with van der Waals surface area (Å²) in [6.07, 6.45) is 2.53. The minimum Gasteiger partial charge on any atom is -0.399 e.